The Labute approximate surface area is 140 Å². The molecule has 0 radical (unpaired) electrons. The van der Waals surface area contributed by atoms with Crippen LogP contribution in [0.2, 0.25) is 0 Å². The summed E-state index contributed by atoms with van der Waals surface area (Å²) in [7, 11) is 0. The lowest BCUT2D eigenvalue weighted by molar-refractivity contribution is -0.150. The van der Waals surface area contributed by atoms with Gasteiger partial charge in [0.2, 0.25) is 11.8 Å². The first-order chi connectivity index (χ1) is 10.8. The normalized spacial score (nSPS) is 23.7. The third-order valence-corrected chi connectivity index (χ3v) is 4.96. The number of nitrogens with zero attached hydrogens (tertiary/aromatic N) is 1. The van der Waals surface area contributed by atoms with Crippen LogP contribution >= 0.6 is 0 Å². The molecule has 2 atom stereocenters. The molecule has 132 valence electrons. The van der Waals surface area contributed by atoms with Crippen LogP contribution in [0, 0.1) is 11.3 Å². The van der Waals surface area contributed by atoms with Crippen molar-refractivity contribution in [3.63, 3.8) is 0 Å². The lowest BCUT2D eigenvalue weighted by Crippen LogP contribution is -2.62. The molecule has 1 saturated carbocycles. The minimum Gasteiger partial charge on any atom is -0.376 e. The minimum atomic E-state index is -0.577. The average molecular weight is 324 g/mol. The van der Waals surface area contributed by atoms with Crippen molar-refractivity contribution >= 4 is 11.8 Å². The number of rotatable bonds is 6. The standard InChI is InChI=1S/C18H32N2O3/c1-13(23-10-15-8-6-5-7-9-15)16(19-14(2)21)17(22)20-11-18(3,4)12-20/h13,15-16H,5-12H2,1-4H3,(H,19,21). The van der Waals surface area contributed by atoms with Crippen LogP contribution in [0.15, 0.2) is 0 Å². The number of amides is 2. The van der Waals surface area contributed by atoms with E-state index in [0.717, 1.165) is 13.1 Å². The fraction of sp³-hybridized carbons (Fsp3) is 0.889. The van der Waals surface area contributed by atoms with Gasteiger partial charge in [0, 0.05) is 26.6 Å². The van der Waals surface area contributed by atoms with Gasteiger partial charge in [0.1, 0.15) is 6.04 Å². The Balaban J connectivity index is 1.88. The highest BCUT2D eigenvalue weighted by atomic mass is 16.5. The van der Waals surface area contributed by atoms with Gasteiger partial charge in [0.05, 0.1) is 6.10 Å². The molecular formula is C18H32N2O3. The van der Waals surface area contributed by atoms with Crippen LogP contribution in [0.25, 0.3) is 0 Å². The molecule has 2 fully saturated rings. The summed E-state index contributed by atoms with van der Waals surface area (Å²) in [6.45, 7) is 9.82. The van der Waals surface area contributed by atoms with Gasteiger partial charge in [-0.3, -0.25) is 9.59 Å². The molecule has 5 heteroatoms. The molecule has 0 aromatic carbocycles. The fourth-order valence-electron chi connectivity index (χ4n) is 3.68. The molecule has 0 bridgehead atoms. The Morgan fingerprint density at radius 1 is 1.22 bits per heavy atom. The number of hydrogen-bond donors (Lipinski definition) is 1. The summed E-state index contributed by atoms with van der Waals surface area (Å²) in [5.41, 5.74) is 0.183. The molecule has 1 saturated heterocycles. The first-order valence-electron chi connectivity index (χ1n) is 8.96. The molecule has 1 aliphatic heterocycles. The predicted molar refractivity (Wildman–Crippen MR) is 90.0 cm³/mol. The Bertz CT molecular complexity index is 422. The minimum absolute atomic E-state index is 0.0179. The third kappa shape index (κ3) is 5.20. The van der Waals surface area contributed by atoms with Crippen LogP contribution in [0.5, 0.6) is 0 Å². The van der Waals surface area contributed by atoms with Crippen LogP contribution in [-0.4, -0.2) is 48.6 Å². The average Bonchev–Trinajstić information content (AvgIpc) is 2.48. The first kappa shape index (κ1) is 18.2. The SMILES string of the molecule is CC(=O)NC(C(=O)N1CC(C)(C)C1)C(C)OCC1CCCCC1. The van der Waals surface area contributed by atoms with Gasteiger partial charge in [0.15, 0.2) is 0 Å². The largest absolute Gasteiger partial charge is 0.376 e. The fourth-order valence-corrected chi connectivity index (χ4v) is 3.68. The van der Waals surface area contributed by atoms with Gasteiger partial charge >= 0.3 is 0 Å². The zero-order valence-electron chi connectivity index (χ0n) is 15.1. The van der Waals surface area contributed by atoms with Crippen molar-refractivity contribution in [2.45, 2.75) is 71.9 Å². The van der Waals surface area contributed by atoms with E-state index in [1.54, 1.807) is 0 Å². The predicted octanol–water partition coefficient (Wildman–Crippen LogP) is 2.34. The molecule has 5 nitrogen and oxygen atoms in total. The monoisotopic (exact) mass is 324 g/mol. The highest BCUT2D eigenvalue weighted by molar-refractivity contribution is 5.88. The van der Waals surface area contributed by atoms with Crippen LogP contribution in [0.3, 0.4) is 0 Å². The number of ether oxygens (including phenoxy) is 1. The van der Waals surface area contributed by atoms with Gasteiger partial charge in [-0.25, -0.2) is 0 Å². The summed E-state index contributed by atoms with van der Waals surface area (Å²) in [6.07, 6.45) is 6.01. The Morgan fingerprint density at radius 2 is 1.83 bits per heavy atom. The second kappa shape index (κ2) is 7.65. The number of nitrogens with one attached hydrogen (secondary N) is 1. The van der Waals surface area contributed by atoms with Gasteiger partial charge in [-0.2, -0.15) is 0 Å². The topological polar surface area (TPSA) is 58.6 Å². The van der Waals surface area contributed by atoms with Crippen molar-refractivity contribution in [1.29, 1.82) is 0 Å². The van der Waals surface area contributed by atoms with Crippen molar-refractivity contribution in [3.8, 4) is 0 Å². The van der Waals surface area contributed by atoms with Crippen molar-refractivity contribution in [3.05, 3.63) is 0 Å². The molecule has 2 aliphatic rings. The summed E-state index contributed by atoms with van der Waals surface area (Å²) in [5, 5.41) is 2.79. The Kier molecular flexibility index (Phi) is 6.06. The molecule has 0 spiro atoms. The van der Waals surface area contributed by atoms with Gasteiger partial charge in [-0.15, -0.1) is 0 Å². The van der Waals surface area contributed by atoms with Gasteiger partial charge < -0.3 is 15.0 Å². The molecule has 0 aromatic rings. The van der Waals surface area contributed by atoms with Crippen LogP contribution < -0.4 is 5.32 Å². The van der Waals surface area contributed by atoms with Gasteiger partial charge in [-0.05, 0) is 31.1 Å². The zero-order chi connectivity index (χ0) is 17.0. The highest BCUT2D eigenvalue weighted by Crippen LogP contribution is 2.30. The molecular weight excluding hydrogens is 292 g/mol. The summed E-state index contributed by atoms with van der Waals surface area (Å²) in [4.78, 5) is 26.0. The number of carbonyl (C=O) groups excluding carboxylic acids is 2. The van der Waals surface area contributed by atoms with Gasteiger partial charge in [-0.1, -0.05) is 33.1 Å². The smallest absolute Gasteiger partial charge is 0.247 e. The second-order valence-electron chi connectivity index (χ2n) is 8.08. The maximum Gasteiger partial charge on any atom is 0.247 e. The van der Waals surface area contributed by atoms with E-state index in [9.17, 15) is 9.59 Å². The van der Waals surface area contributed by atoms with Crippen LogP contribution in [0.4, 0.5) is 0 Å². The molecule has 1 N–H and O–H groups in total. The molecule has 2 amide bonds. The van der Waals surface area contributed by atoms with E-state index in [2.05, 4.69) is 19.2 Å². The molecule has 0 aromatic heterocycles. The third-order valence-electron chi connectivity index (χ3n) is 4.96. The maximum absolute atomic E-state index is 12.7. The van der Waals surface area contributed by atoms with E-state index >= 15 is 0 Å². The van der Waals surface area contributed by atoms with E-state index in [1.165, 1.54) is 39.0 Å². The van der Waals surface area contributed by atoms with Crippen molar-refractivity contribution in [1.82, 2.24) is 10.2 Å². The van der Waals surface area contributed by atoms with Crippen molar-refractivity contribution in [2.75, 3.05) is 19.7 Å². The molecule has 2 unspecified atom stereocenters. The first-order valence-corrected chi connectivity index (χ1v) is 8.96. The van der Waals surface area contributed by atoms with E-state index in [1.807, 2.05) is 11.8 Å². The lowest BCUT2D eigenvalue weighted by Gasteiger charge is -2.47. The van der Waals surface area contributed by atoms with E-state index < -0.39 is 6.04 Å². The molecule has 23 heavy (non-hydrogen) atoms. The van der Waals surface area contributed by atoms with E-state index in [0.29, 0.717) is 12.5 Å². The van der Waals surface area contributed by atoms with Gasteiger partial charge in [0.25, 0.3) is 0 Å². The number of carbonyl (C=O) groups is 2. The quantitative estimate of drug-likeness (QED) is 0.816. The summed E-state index contributed by atoms with van der Waals surface area (Å²) in [6, 6.07) is -0.577. The summed E-state index contributed by atoms with van der Waals surface area (Å²) in [5.74, 6) is 0.397. The maximum atomic E-state index is 12.7. The lowest BCUT2D eigenvalue weighted by atomic mass is 9.84. The van der Waals surface area contributed by atoms with Crippen LogP contribution in [-0.2, 0) is 14.3 Å². The molecule has 2 rings (SSSR count). The second-order valence-corrected chi connectivity index (χ2v) is 8.08. The number of hydrogen-bond acceptors (Lipinski definition) is 3. The Morgan fingerprint density at radius 3 is 2.35 bits per heavy atom. The highest BCUT2D eigenvalue weighted by Gasteiger charge is 2.41. The Hall–Kier alpha value is -1.10. The van der Waals surface area contributed by atoms with Crippen LogP contribution in [0.1, 0.15) is 59.8 Å². The van der Waals surface area contributed by atoms with Crippen molar-refractivity contribution in [2.24, 2.45) is 11.3 Å². The summed E-state index contributed by atoms with van der Waals surface area (Å²) < 4.78 is 5.97. The number of likely N-dealkylation sites (tertiary alicyclic amines) is 1. The molecule has 1 aliphatic carbocycles. The van der Waals surface area contributed by atoms with E-state index in [-0.39, 0.29) is 23.3 Å². The zero-order valence-corrected chi connectivity index (χ0v) is 15.1. The molecule has 1 heterocycles. The van der Waals surface area contributed by atoms with E-state index in [4.69, 9.17) is 4.74 Å². The summed E-state index contributed by atoms with van der Waals surface area (Å²) >= 11 is 0. The van der Waals surface area contributed by atoms with Crippen molar-refractivity contribution < 1.29 is 14.3 Å².